The molecule has 8 heteroatoms. The van der Waals surface area contributed by atoms with E-state index in [-0.39, 0.29) is 11.9 Å². The van der Waals surface area contributed by atoms with Crippen LogP contribution in [0.15, 0.2) is 83.7 Å². The van der Waals surface area contributed by atoms with Gasteiger partial charge in [-0.05, 0) is 55.3 Å². The summed E-state index contributed by atoms with van der Waals surface area (Å²) < 4.78 is 26.9. The molecule has 0 radical (unpaired) electrons. The van der Waals surface area contributed by atoms with Gasteiger partial charge in [0, 0.05) is 29.1 Å². The van der Waals surface area contributed by atoms with E-state index in [1.54, 1.807) is 30.8 Å². The first-order valence-electron chi connectivity index (χ1n) is 11.9. The summed E-state index contributed by atoms with van der Waals surface area (Å²) in [6.45, 7) is 4.67. The van der Waals surface area contributed by atoms with Gasteiger partial charge in [-0.15, -0.1) is 0 Å². The highest BCUT2D eigenvalue weighted by Crippen LogP contribution is 2.30. The first-order valence-corrected chi connectivity index (χ1v) is 11.9. The van der Waals surface area contributed by atoms with Crippen molar-refractivity contribution in [3.05, 3.63) is 90.7 Å². The lowest BCUT2D eigenvalue weighted by Crippen LogP contribution is -2.10. The normalized spacial score (nSPS) is 11.2. The molecule has 0 spiro atoms. The largest absolute Gasteiger partial charge is 0.489 e. The standard InChI is InChI=1S/C28H26FN5O2/c1-3-23(4-2)34-27(25-18-36-28(31-25)20-10-12-22(29)13-11-20)32-26(33-34)21-8-5-9-24(15-21)35-17-19-7-6-14-30-16-19/h5-16,18,23H,3-4,17H2,1-2H3. The summed E-state index contributed by atoms with van der Waals surface area (Å²) in [6, 6.07) is 17.8. The van der Waals surface area contributed by atoms with Crippen LogP contribution in [0.2, 0.25) is 0 Å². The third kappa shape index (κ3) is 5.02. The predicted molar refractivity (Wildman–Crippen MR) is 135 cm³/mol. The Bertz CT molecular complexity index is 1430. The second-order valence-electron chi connectivity index (χ2n) is 8.40. The van der Waals surface area contributed by atoms with Gasteiger partial charge in [-0.1, -0.05) is 32.0 Å². The minimum absolute atomic E-state index is 0.150. The van der Waals surface area contributed by atoms with E-state index in [2.05, 4.69) is 23.8 Å². The molecule has 0 amide bonds. The summed E-state index contributed by atoms with van der Waals surface area (Å²) >= 11 is 0. The summed E-state index contributed by atoms with van der Waals surface area (Å²) in [7, 11) is 0. The Labute approximate surface area is 208 Å². The molecule has 0 atom stereocenters. The van der Waals surface area contributed by atoms with Gasteiger partial charge in [0.2, 0.25) is 5.89 Å². The topological polar surface area (TPSA) is 78.9 Å². The SMILES string of the molecule is CCC(CC)n1nc(-c2cccc(OCc3cccnc3)c2)nc1-c1coc(-c2ccc(F)cc2)n1. The first-order chi connectivity index (χ1) is 17.6. The Morgan fingerprint density at radius 3 is 2.56 bits per heavy atom. The summed E-state index contributed by atoms with van der Waals surface area (Å²) in [5.74, 6) is 2.01. The van der Waals surface area contributed by atoms with Crippen LogP contribution in [0.4, 0.5) is 4.39 Å². The number of hydrogen-bond acceptors (Lipinski definition) is 6. The number of aromatic nitrogens is 5. The quantitative estimate of drug-likeness (QED) is 0.231. The maximum Gasteiger partial charge on any atom is 0.226 e. The molecule has 5 aromatic rings. The molecule has 3 heterocycles. The first kappa shape index (κ1) is 23.4. The van der Waals surface area contributed by atoms with Gasteiger partial charge >= 0.3 is 0 Å². The molecular weight excluding hydrogens is 457 g/mol. The number of pyridine rings is 1. The highest BCUT2D eigenvalue weighted by Gasteiger charge is 2.22. The molecule has 0 saturated heterocycles. The molecular formula is C28H26FN5O2. The number of nitrogens with zero attached hydrogens (tertiary/aromatic N) is 5. The molecule has 5 rings (SSSR count). The Balaban J connectivity index is 1.47. The molecule has 2 aromatic carbocycles. The molecule has 0 saturated carbocycles. The minimum Gasteiger partial charge on any atom is -0.489 e. The number of hydrogen-bond donors (Lipinski definition) is 0. The molecule has 182 valence electrons. The second-order valence-corrected chi connectivity index (χ2v) is 8.40. The zero-order chi connectivity index (χ0) is 24.9. The van der Waals surface area contributed by atoms with E-state index in [1.165, 1.54) is 12.1 Å². The minimum atomic E-state index is -0.310. The van der Waals surface area contributed by atoms with Crippen LogP contribution in [0.3, 0.4) is 0 Å². The fraction of sp³-hybridized carbons (Fsp3) is 0.214. The molecule has 0 N–H and O–H groups in total. The maximum absolute atomic E-state index is 13.3. The fourth-order valence-electron chi connectivity index (χ4n) is 3.99. The Kier molecular flexibility index (Phi) is 6.84. The zero-order valence-electron chi connectivity index (χ0n) is 20.1. The van der Waals surface area contributed by atoms with Crippen LogP contribution in [0.5, 0.6) is 5.75 Å². The van der Waals surface area contributed by atoms with E-state index < -0.39 is 0 Å². The molecule has 3 aromatic heterocycles. The van der Waals surface area contributed by atoms with Crippen molar-refractivity contribution in [1.29, 1.82) is 0 Å². The van der Waals surface area contributed by atoms with Crippen molar-refractivity contribution in [1.82, 2.24) is 24.7 Å². The molecule has 7 nitrogen and oxygen atoms in total. The number of rotatable bonds is 9. The van der Waals surface area contributed by atoms with Crippen LogP contribution in [-0.4, -0.2) is 24.7 Å². The van der Waals surface area contributed by atoms with Crippen molar-refractivity contribution >= 4 is 0 Å². The van der Waals surface area contributed by atoms with Crippen LogP contribution < -0.4 is 4.74 Å². The van der Waals surface area contributed by atoms with Crippen molar-refractivity contribution in [3.63, 3.8) is 0 Å². The highest BCUT2D eigenvalue weighted by molar-refractivity contribution is 5.63. The Hall–Kier alpha value is -4.33. The van der Waals surface area contributed by atoms with E-state index in [0.29, 0.717) is 35.4 Å². The van der Waals surface area contributed by atoms with E-state index in [9.17, 15) is 4.39 Å². The average molecular weight is 484 g/mol. The number of oxazole rings is 1. The van der Waals surface area contributed by atoms with Crippen molar-refractivity contribution in [2.24, 2.45) is 0 Å². The summed E-state index contributed by atoms with van der Waals surface area (Å²) in [5.41, 5.74) is 3.09. The Morgan fingerprint density at radius 1 is 0.972 bits per heavy atom. The zero-order valence-corrected chi connectivity index (χ0v) is 20.1. The monoisotopic (exact) mass is 483 g/mol. The fourth-order valence-corrected chi connectivity index (χ4v) is 3.99. The van der Waals surface area contributed by atoms with Gasteiger partial charge in [0.05, 0.1) is 6.04 Å². The second kappa shape index (κ2) is 10.5. The van der Waals surface area contributed by atoms with Crippen LogP contribution >= 0.6 is 0 Å². The number of halogens is 1. The van der Waals surface area contributed by atoms with E-state index in [0.717, 1.165) is 29.7 Å². The molecule has 0 bridgehead atoms. The third-order valence-electron chi connectivity index (χ3n) is 5.96. The molecule has 0 fully saturated rings. The Morgan fingerprint density at radius 2 is 1.81 bits per heavy atom. The molecule has 0 aliphatic heterocycles. The van der Waals surface area contributed by atoms with E-state index >= 15 is 0 Å². The van der Waals surface area contributed by atoms with Gasteiger partial charge < -0.3 is 9.15 Å². The van der Waals surface area contributed by atoms with Gasteiger partial charge in [-0.3, -0.25) is 4.98 Å². The van der Waals surface area contributed by atoms with Gasteiger partial charge in [0.15, 0.2) is 11.6 Å². The van der Waals surface area contributed by atoms with Crippen LogP contribution in [0.25, 0.3) is 34.4 Å². The van der Waals surface area contributed by atoms with Gasteiger partial charge in [-0.25, -0.2) is 19.0 Å². The highest BCUT2D eigenvalue weighted by atomic mass is 19.1. The van der Waals surface area contributed by atoms with Crippen LogP contribution in [-0.2, 0) is 6.61 Å². The van der Waals surface area contributed by atoms with Gasteiger partial charge in [0.25, 0.3) is 0 Å². The van der Waals surface area contributed by atoms with Gasteiger partial charge in [0.1, 0.15) is 30.1 Å². The molecule has 0 aliphatic rings. The molecule has 36 heavy (non-hydrogen) atoms. The van der Waals surface area contributed by atoms with Crippen molar-refractivity contribution in [2.75, 3.05) is 0 Å². The third-order valence-corrected chi connectivity index (χ3v) is 5.96. The smallest absolute Gasteiger partial charge is 0.226 e. The molecule has 0 unspecified atom stereocenters. The summed E-state index contributed by atoms with van der Waals surface area (Å²) in [6.07, 6.45) is 6.87. The molecule has 0 aliphatic carbocycles. The maximum atomic E-state index is 13.3. The van der Waals surface area contributed by atoms with E-state index in [1.807, 2.05) is 41.1 Å². The average Bonchev–Trinajstić information content (AvgIpc) is 3.58. The summed E-state index contributed by atoms with van der Waals surface area (Å²) in [5, 5.41) is 4.86. The lowest BCUT2D eigenvalue weighted by atomic mass is 10.2. The van der Waals surface area contributed by atoms with Crippen LogP contribution in [0.1, 0.15) is 38.3 Å². The number of ether oxygens (including phenoxy) is 1. The van der Waals surface area contributed by atoms with Crippen molar-refractivity contribution < 1.29 is 13.5 Å². The summed E-state index contributed by atoms with van der Waals surface area (Å²) in [4.78, 5) is 13.6. The number of benzene rings is 2. The van der Waals surface area contributed by atoms with Gasteiger partial charge in [-0.2, -0.15) is 5.10 Å². The van der Waals surface area contributed by atoms with Crippen LogP contribution in [0, 0.1) is 5.82 Å². The van der Waals surface area contributed by atoms with E-state index in [4.69, 9.17) is 19.2 Å². The lowest BCUT2D eigenvalue weighted by molar-refractivity contribution is 0.306. The lowest BCUT2D eigenvalue weighted by Gasteiger charge is -2.14. The van der Waals surface area contributed by atoms with Crippen molar-refractivity contribution in [3.8, 4) is 40.1 Å². The van der Waals surface area contributed by atoms with Crippen molar-refractivity contribution in [2.45, 2.75) is 39.3 Å². The predicted octanol–water partition coefficient (Wildman–Crippen LogP) is 6.74.